The molecule has 0 amide bonds. The molecule has 0 N–H and O–H groups in total. The van der Waals surface area contributed by atoms with Gasteiger partial charge in [-0.3, -0.25) is 4.79 Å². The van der Waals surface area contributed by atoms with Gasteiger partial charge in [0.15, 0.2) is 0 Å². The van der Waals surface area contributed by atoms with E-state index >= 15 is 0 Å². The van der Waals surface area contributed by atoms with Crippen molar-refractivity contribution in [2.45, 2.75) is 44.8 Å². The second-order valence-corrected chi connectivity index (χ2v) is 7.27. The third-order valence-corrected chi connectivity index (χ3v) is 6.19. The molecule has 3 nitrogen and oxygen atoms in total. The largest absolute Gasteiger partial charge is 0.435 e. The number of esters is 1. The zero-order valence-electron chi connectivity index (χ0n) is 12.2. The number of ether oxygens (including phenoxy) is 2. The molecule has 0 aromatic heterocycles. The minimum Gasteiger partial charge on any atom is -0.435 e. The van der Waals surface area contributed by atoms with Gasteiger partial charge in [0.2, 0.25) is 6.29 Å². The first-order valence-electron chi connectivity index (χ1n) is 8.16. The van der Waals surface area contributed by atoms with Gasteiger partial charge in [0.05, 0.1) is 5.92 Å². The Morgan fingerprint density at radius 3 is 2.60 bits per heavy atom. The smallest absolute Gasteiger partial charge is 0.311 e. The number of carbonyl (C=O) groups is 1. The molecule has 4 rings (SSSR count). The second-order valence-electron chi connectivity index (χ2n) is 7.27. The van der Waals surface area contributed by atoms with E-state index in [1.807, 2.05) is 0 Å². The Balaban J connectivity index is 1.39. The molecule has 0 heterocycles. The molecule has 4 bridgehead atoms. The Kier molecular flexibility index (Phi) is 3.13. The molecule has 7 atom stereocenters. The third-order valence-electron chi connectivity index (χ3n) is 6.19. The molecule has 3 saturated carbocycles. The second kappa shape index (κ2) is 4.87. The number of methoxy groups -OCH3 is 1. The normalized spacial score (nSPS) is 46.0. The lowest BCUT2D eigenvalue weighted by Crippen LogP contribution is -2.35. The van der Waals surface area contributed by atoms with Gasteiger partial charge in [-0.25, -0.2) is 0 Å². The lowest BCUT2D eigenvalue weighted by atomic mass is 9.88. The van der Waals surface area contributed by atoms with Crippen LogP contribution in [0.25, 0.3) is 0 Å². The highest BCUT2D eigenvalue weighted by Gasteiger charge is 2.46. The van der Waals surface area contributed by atoms with Gasteiger partial charge in [0.25, 0.3) is 0 Å². The van der Waals surface area contributed by atoms with Crippen LogP contribution < -0.4 is 0 Å². The van der Waals surface area contributed by atoms with Crippen molar-refractivity contribution in [3.05, 3.63) is 12.2 Å². The minimum absolute atomic E-state index is 0.0172. The highest BCUT2D eigenvalue weighted by Crippen LogP contribution is 2.50. The van der Waals surface area contributed by atoms with Gasteiger partial charge < -0.3 is 9.47 Å². The predicted molar refractivity (Wildman–Crippen MR) is 74.7 cm³/mol. The van der Waals surface area contributed by atoms with Gasteiger partial charge in [-0.1, -0.05) is 18.6 Å². The highest BCUT2D eigenvalue weighted by molar-refractivity contribution is 5.74. The molecular weight excluding hydrogens is 252 g/mol. The zero-order chi connectivity index (χ0) is 13.7. The van der Waals surface area contributed by atoms with Crippen molar-refractivity contribution in [2.24, 2.45) is 35.5 Å². The van der Waals surface area contributed by atoms with Gasteiger partial charge in [0.1, 0.15) is 0 Å². The fourth-order valence-corrected chi connectivity index (χ4v) is 5.19. The van der Waals surface area contributed by atoms with Gasteiger partial charge in [0, 0.05) is 13.0 Å². The first kappa shape index (κ1) is 12.9. The molecule has 4 aliphatic carbocycles. The van der Waals surface area contributed by atoms with Gasteiger partial charge in [-0.2, -0.15) is 0 Å². The van der Waals surface area contributed by atoms with Crippen LogP contribution >= 0.6 is 0 Å². The fourth-order valence-electron chi connectivity index (χ4n) is 5.19. The van der Waals surface area contributed by atoms with E-state index in [2.05, 4.69) is 12.2 Å². The standard InChI is InChI=1S/C17H24O3/c1-19-17(15-9-11-3-5-13(15)7-11)20-16(18)14-8-10-2-4-12(14)6-10/h2,4,10-15,17H,3,5-9H2,1H3. The quantitative estimate of drug-likeness (QED) is 0.449. The van der Waals surface area contributed by atoms with Crippen molar-refractivity contribution >= 4 is 5.97 Å². The van der Waals surface area contributed by atoms with E-state index in [-0.39, 0.29) is 18.2 Å². The Morgan fingerprint density at radius 1 is 1.15 bits per heavy atom. The van der Waals surface area contributed by atoms with Gasteiger partial charge in [-0.05, 0) is 55.8 Å². The van der Waals surface area contributed by atoms with Crippen molar-refractivity contribution in [1.29, 1.82) is 0 Å². The number of carbonyl (C=O) groups excluding carboxylic acids is 1. The first-order valence-corrected chi connectivity index (χ1v) is 8.16. The summed E-state index contributed by atoms with van der Waals surface area (Å²) < 4.78 is 11.3. The average molecular weight is 276 g/mol. The van der Waals surface area contributed by atoms with E-state index in [1.165, 1.54) is 25.7 Å². The molecule has 3 fully saturated rings. The number of fused-ring (bicyclic) bond motifs is 4. The van der Waals surface area contributed by atoms with E-state index in [4.69, 9.17) is 9.47 Å². The van der Waals surface area contributed by atoms with Crippen LogP contribution in [0.4, 0.5) is 0 Å². The molecule has 0 spiro atoms. The molecular formula is C17H24O3. The summed E-state index contributed by atoms with van der Waals surface area (Å²) >= 11 is 0. The van der Waals surface area contributed by atoms with E-state index in [0.717, 1.165) is 24.7 Å². The maximum atomic E-state index is 12.4. The maximum absolute atomic E-state index is 12.4. The molecule has 4 aliphatic rings. The molecule has 0 aromatic carbocycles. The van der Waals surface area contributed by atoms with Crippen molar-refractivity contribution in [2.75, 3.05) is 7.11 Å². The maximum Gasteiger partial charge on any atom is 0.311 e. The lowest BCUT2D eigenvalue weighted by Gasteiger charge is -2.30. The summed E-state index contributed by atoms with van der Waals surface area (Å²) in [5, 5.41) is 0. The first-order chi connectivity index (χ1) is 9.74. The monoisotopic (exact) mass is 276 g/mol. The summed E-state index contributed by atoms with van der Waals surface area (Å²) in [5.74, 6) is 3.12. The summed E-state index contributed by atoms with van der Waals surface area (Å²) in [4.78, 5) is 12.4. The summed E-state index contributed by atoms with van der Waals surface area (Å²) in [6.45, 7) is 0. The van der Waals surface area contributed by atoms with Crippen LogP contribution in [0.5, 0.6) is 0 Å². The van der Waals surface area contributed by atoms with E-state index in [0.29, 0.717) is 17.8 Å². The van der Waals surface area contributed by atoms with Gasteiger partial charge >= 0.3 is 5.97 Å². The highest BCUT2D eigenvalue weighted by atomic mass is 16.7. The van der Waals surface area contributed by atoms with Crippen LogP contribution in [0.3, 0.4) is 0 Å². The topological polar surface area (TPSA) is 35.5 Å². The molecule has 0 saturated heterocycles. The molecule has 0 aromatic rings. The lowest BCUT2D eigenvalue weighted by molar-refractivity contribution is -0.194. The number of rotatable bonds is 4. The predicted octanol–water partition coefficient (Wildman–Crippen LogP) is 3.15. The molecule has 0 radical (unpaired) electrons. The van der Waals surface area contributed by atoms with Crippen molar-refractivity contribution in [1.82, 2.24) is 0 Å². The van der Waals surface area contributed by atoms with E-state index in [1.54, 1.807) is 7.11 Å². The molecule has 20 heavy (non-hydrogen) atoms. The van der Waals surface area contributed by atoms with Crippen LogP contribution in [0.1, 0.15) is 38.5 Å². The van der Waals surface area contributed by atoms with Crippen LogP contribution in [0.15, 0.2) is 12.2 Å². The molecule has 0 aliphatic heterocycles. The van der Waals surface area contributed by atoms with Crippen molar-refractivity contribution in [3.63, 3.8) is 0 Å². The van der Waals surface area contributed by atoms with Crippen LogP contribution in [0.2, 0.25) is 0 Å². The van der Waals surface area contributed by atoms with Crippen molar-refractivity contribution < 1.29 is 14.3 Å². The van der Waals surface area contributed by atoms with E-state index < -0.39 is 0 Å². The Bertz CT molecular complexity index is 430. The summed E-state index contributed by atoms with van der Waals surface area (Å²) in [6, 6.07) is 0. The fraction of sp³-hybridized carbons (Fsp3) is 0.824. The van der Waals surface area contributed by atoms with Crippen LogP contribution in [-0.4, -0.2) is 19.4 Å². The SMILES string of the molecule is COC(OC(=O)C1CC2C=CC1C2)C1CC2CCC1C2. The Labute approximate surface area is 120 Å². The van der Waals surface area contributed by atoms with Gasteiger partial charge in [-0.15, -0.1) is 0 Å². The van der Waals surface area contributed by atoms with Crippen molar-refractivity contribution in [3.8, 4) is 0 Å². The average Bonchev–Trinajstić information content (AvgIpc) is 3.23. The molecule has 3 heteroatoms. The zero-order valence-corrected chi connectivity index (χ0v) is 12.2. The Morgan fingerprint density at radius 2 is 2.05 bits per heavy atom. The summed E-state index contributed by atoms with van der Waals surface area (Å²) in [6.07, 6.45) is 11.5. The minimum atomic E-state index is -0.305. The van der Waals surface area contributed by atoms with E-state index in [9.17, 15) is 4.79 Å². The molecule has 7 unspecified atom stereocenters. The summed E-state index contributed by atoms with van der Waals surface area (Å²) in [5.41, 5.74) is 0. The Hall–Kier alpha value is -0.830. The summed E-state index contributed by atoms with van der Waals surface area (Å²) in [7, 11) is 1.69. The third kappa shape index (κ3) is 2.02. The number of hydrogen-bond donors (Lipinski definition) is 0. The van der Waals surface area contributed by atoms with Crippen LogP contribution in [0, 0.1) is 35.5 Å². The van der Waals surface area contributed by atoms with Crippen LogP contribution in [-0.2, 0) is 14.3 Å². The molecule has 110 valence electrons. The number of allylic oxidation sites excluding steroid dienone is 2. The number of hydrogen-bond acceptors (Lipinski definition) is 3.